The van der Waals surface area contributed by atoms with Gasteiger partial charge in [-0.1, -0.05) is 0 Å². The van der Waals surface area contributed by atoms with Crippen LogP contribution in [0.3, 0.4) is 0 Å². The van der Waals surface area contributed by atoms with E-state index in [-0.39, 0.29) is 102 Å². The molecule has 0 atom stereocenters. The largest absolute Gasteiger partial charge is 0.0149 e. The summed E-state index contributed by atoms with van der Waals surface area (Å²) in [6.45, 7) is 0. The van der Waals surface area contributed by atoms with E-state index in [0.29, 0.717) is 0 Å². The number of rotatable bonds is 0. The van der Waals surface area contributed by atoms with Crippen LogP contribution in [0.25, 0.3) is 0 Å². The molecule has 0 rings (SSSR count). The van der Waals surface area contributed by atoms with Crippen molar-refractivity contribution in [3.63, 3.8) is 0 Å². The van der Waals surface area contributed by atoms with Crippen LogP contribution < -0.4 is 0 Å². The zero-order valence-electron chi connectivity index (χ0n) is 3.51. The third-order valence-electron chi connectivity index (χ3n) is 0. The van der Waals surface area contributed by atoms with Crippen molar-refractivity contribution >= 4 is 76.9 Å². The molecule has 0 N–H and O–H groups in total. The Morgan fingerprint density at radius 1 is 1.25 bits per heavy atom. The molecule has 0 aliphatic rings. The molecule has 31 valence electrons. The quantitative estimate of drug-likeness (QED) is 0.418. The van der Waals surface area contributed by atoms with Crippen molar-refractivity contribution < 1.29 is 25.2 Å². The molecule has 0 aliphatic carbocycles. The molecule has 0 aromatic carbocycles. The summed E-state index contributed by atoms with van der Waals surface area (Å²) in [5.41, 5.74) is 0. The van der Waals surface area contributed by atoms with Crippen molar-refractivity contribution in [2.24, 2.45) is 0 Å². The van der Waals surface area contributed by atoms with Gasteiger partial charge in [0.2, 0.25) is 0 Å². The van der Waals surface area contributed by atoms with Crippen LogP contribution in [0.5, 0.6) is 0 Å². The molecule has 4 heteroatoms. The third-order valence-corrected chi connectivity index (χ3v) is 0. The third kappa shape index (κ3) is 8.90. The summed E-state index contributed by atoms with van der Waals surface area (Å²) < 4.78 is 0. The average Bonchev–Trinajstić information content (AvgIpc) is 0. The maximum absolute atomic E-state index is 0. The maximum Gasteiger partial charge on any atom is -0.0149 e. The van der Waals surface area contributed by atoms with Crippen molar-refractivity contribution in [3.8, 4) is 0 Å². The van der Waals surface area contributed by atoms with Gasteiger partial charge in [-0.3, -0.25) is 0 Å². The van der Waals surface area contributed by atoms with Gasteiger partial charge in [-0.15, -0.1) is 0 Å². The van der Waals surface area contributed by atoms with E-state index in [9.17, 15) is 0 Å². The molecule has 0 nitrogen and oxygen atoms in total. The maximum atomic E-state index is 0. The molecular formula is H8AgBaSeSi. The first-order valence-electron chi connectivity index (χ1n) is 0. The monoisotopic (exact) mass is 361 g/mol. The molecule has 4 heavy (non-hydrogen) atoms. The summed E-state index contributed by atoms with van der Waals surface area (Å²) in [4.78, 5) is 0. The predicted molar refractivity (Wildman–Crippen MR) is 27.9 cm³/mol. The molecule has 0 aromatic rings. The minimum Gasteiger partial charge on any atom is -0.0149 e. The van der Waals surface area contributed by atoms with E-state index in [1.165, 1.54) is 0 Å². The van der Waals surface area contributed by atoms with E-state index in [2.05, 4.69) is 0 Å². The second kappa shape index (κ2) is 16.6. The second-order valence-corrected chi connectivity index (χ2v) is 0. The zero-order chi connectivity index (χ0) is 0. The molecule has 0 amide bonds. The summed E-state index contributed by atoms with van der Waals surface area (Å²) in [5, 5.41) is 0. The molecule has 0 heterocycles. The zero-order valence-corrected chi connectivity index (χ0v) is 9.53. The van der Waals surface area contributed by atoms with Gasteiger partial charge in [0.25, 0.3) is 0 Å². The van der Waals surface area contributed by atoms with E-state index < -0.39 is 0 Å². The van der Waals surface area contributed by atoms with E-state index in [0.717, 1.165) is 0 Å². The second-order valence-electron chi connectivity index (χ2n) is 0. The molecule has 0 saturated heterocycles. The first kappa shape index (κ1) is 27.7. The van der Waals surface area contributed by atoms with Gasteiger partial charge in [0.1, 0.15) is 0 Å². The van der Waals surface area contributed by atoms with Crippen LogP contribution >= 0.6 is 0 Å². The van der Waals surface area contributed by atoms with Crippen LogP contribution in [-0.2, 0) is 22.4 Å². The van der Waals surface area contributed by atoms with Gasteiger partial charge in [0, 0.05) is 22.4 Å². The summed E-state index contributed by atoms with van der Waals surface area (Å²) in [6.07, 6.45) is 0. The fourth-order valence-corrected chi connectivity index (χ4v) is 0. The molecule has 1 radical (unpaired) electrons. The summed E-state index contributed by atoms with van der Waals surface area (Å²) in [5.74, 6) is 0. The molecule has 0 unspecified atom stereocenters. The van der Waals surface area contributed by atoms with E-state index in [4.69, 9.17) is 0 Å². The van der Waals surface area contributed by atoms with Crippen LogP contribution in [-0.4, -0.2) is 76.9 Å². The van der Waals surface area contributed by atoms with Gasteiger partial charge < -0.3 is 2.85 Å². The Labute approximate surface area is 99.9 Å². The summed E-state index contributed by atoms with van der Waals surface area (Å²) >= 11 is 0. The number of hydrogen-bond acceptors (Lipinski definition) is 0. The van der Waals surface area contributed by atoms with Gasteiger partial charge in [0.15, 0.2) is 0 Å². The smallest absolute Gasteiger partial charge is 0.0149 e. The SMILES string of the molecule is [Ag].[Ba+2].[H-].[H-].[SeH2].[SiH4]. The molecule has 0 fully saturated rings. The summed E-state index contributed by atoms with van der Waals surface area (Å²) in [7, 11) is 0. The topological polar surface area (TPSA) is 0 Å². The van der Waals surface area contributed by atoms with Crippen LogP contribution in [0.1, 0.15) is 2.85 Å². The van der Waals surface area contributed by atoms with Gasteiger partial charge in [0.05, 0.1) is 0 Å². The number of hydrogen-bond donors (Lipinski definition) is 0. The van der Waals surface area contributed by atoms with Crippen molar-refractivity contribution in [1.29, 1.82) is 0 Å². The normalized spacial score (nSPS) is 0. The fourth-order valence-electron chi connectivity index (χ4n) is 0. The minimum absolute atomic E-state index is 0. The molecule has 0 aliphatic heterocycles. The Morgan fingerprint density at radius 2 is 1.25 bits per heavy atom. The Kier molecular flexibility index (Phi) is 115. The van der Waals surface area contributed by atoms with Crippen molar-refractivity contribution in [3.05, 3.63) is 0 Å². The molecule has 0 spiro atoms. The minimum atomic E-state index is 0. The Bertz CT molecular complexity index is 13.5. The Balaban J connectivity index is 0. The van der Waals surface area contributed by atoms with Gasteiger partial charge >= 0.3 is 65.9 Å². The van der Waals surface area contributed by atoms with E-state index >= 15 is 0 Å². The van der Waals surface area contributed by atoms with Gasteiger partial charge in [-0.05, 0) is 11.0 Å². The predicted octanol–water partition coefficient (Wildman–Crippen LogP) is -2.53. The van der Waals surface area contributed by atoms with Crippen LogP contribution in [0.15, 0.2) is 0 Å². The summed E-state index contributed by atoms with van der Waals surface area (Å²) in [6, 6.07) is 0. The standard InChI is InChI=1S/Ag.Ba.H2Se.H4Si.2H/h;;1H2;1H4;;/q;+2;;;2*-1. The molecule has 0 saturated carbocycles. The van der Waals surface area contributed by atoms with Crippen LogP contribution in [0, 0.1) is 0 Å². The van der Waals surface area contributed by atoms with Crippen molar-refractivity contribution in [2.75, 3.05) is 0 Å². The molecule has 0 aromatic heterocycles. The van der Waals surface area contributed by atoms with E-state index in [1.54, 1.807) is 0 Å². The van der Waals surface area contributed by atoms with Gasteiger partial charge in [-0.2, -0.15) is 0 Å². The Hall–Kier alpha value is 3.05. The molecule has 0 bridgehead atoms. The van der Waals surface area contributed by atoms with Crippen molar-refractivity contribution in [1.82, 2.24) is 0 Å². The Morgan fingerprint density at radius 3 is 1.25 bits per heavy atom. The molecular weight excluding hydrogens is 352 g/mol. The fraction of sp³-hybridized carbons (Fsp3) is 0. The average molecular weight is 360 g/mol. The van der Waals surface area contributed by atoms with E-state index in [1.807, 2.05) is 0 Å². The first-order valence-corrected chi connectivity index (χ1v) is 0. The van der Waals surface area contributed by atoms with Crippen LogP contribution in [0.4, 0.5) is 0 Å². The van der Waals surface area contributed by atoms with Gasteiger partial charge in [-0.25, -0.2) is 0 Å². The van der Waals surface area contributed by atoms with Crippen molar-refractivity contribution in [2.45, 2.75) is 0 Å². The van der Waals surface area contributed by atoms with Crippen LogP contribution in [0.2, 0.25) is 0 Å². The first-order chi connectivity index (χ1) is 0.